The molecule has 3 rings (SSSR count). The third-order valence-corrected chi connectivity index (χ3v) is 4.73. The second-order valence-corrected chi connectivity index (χ2v) is 7.18. The fourth-order valence-electron chi connectivity index (χ4n) is 2.90. The minimum atomic E-state index is -0.320. The molecule has 0 aliphatic rings. The number of carbonyl (C=O) groups is 1. The molecule has 0 fully saturated rings. The molecule has 0 aromatic heterocycles. The highest BCUT2D eigenvalue weighted by Gasteiger charge is 2.14. The first-order chi connectivity index (χ1) is 15.0. The molecule has 5 nitrogen and oxygen atoms in total. The Labute approximate surface area is 186 Å². The number of ether oxygens (including phenoxy) is 2. The first-order valence-electron chi connectivity index (χ1n) is 9.54. The van der Waals surface area contributed by atoms with E-state index in [9.17, 15) is 10.1 Å². The van der Waals surface area contributed by atoms with Crippen LogP contribution in [0.1, 0.15) is 16.7 Å². The molecule has 1 N–H and O–H groups in total. The third kappa shape index (κ3) is 5.88. The van der Waals surface area contributed by atoms with Gasteiger partial charge in [-0.25, -0.2) is 0 Å². The number of methoxy groups -OCH3 is 1. The molecule has 0 atom stereocenters. The van der Waals surface area contributed by atoms with Crippen molar-refractivity contribution >= 4 is 34.8 Å². The molecule has 156 valence electrons. The Bertz CT molecular complexity index is 1130. The molecule has 0 unspecified atom stereocenters. The summed E-state index contributed by atoms with van der Waals surface area (Å²) in [5, 5.41) is 12.6. The van der Waals surface area contributed by atoms with Crippen molar-refractivity contribution in [2.45, 2.75) is 6.92 Å². The van der Waals surface area contributed by atoms with E-state index in [4.69, 9.17) is 21.1 Å². The van der Waals surface area contributed by atoms with Crippen molar-refractivity contribution in [3.05, 3.63) is 88.4 Å². The van der Waals surface area contributed by atoms with Crippen LogP contribution in [-0.4, -0.2) is 19.6 Å². The van der Waals surface area contributed by atoms with Gasteiger partial charge in [-0.15, -0.1) is 0 Å². The maximum absolute atomic E-state index is 12.2. The Morgan fingerprint density at radius 1 is 1.13 bits per heavy atom. The molecule has 0 aliphatic carbocycles. The molecule has 3 aromatic rings. The van der Waals surface area contributed by atoms with Crippen molar-refractivity contribution in [1.82, 2.24) is 0 Å². The lowest BCUT2D eigenvalue weighted by atomic mass is 10.0. The number of hydrogen-bond acceptors (Lipinski definition) is 4. The van der Waals surface area contributed by atoms with Crippen molar-refractivity contribution in [3.8, 4) is 17.6 Å². The van der Waals surface area contributed by atoms with Gasteiger partial charge in [-0.1, -0.05) is 59.6 Å². The van der Waals surface area contributed by atoms with Crippen LogP contribution in [0.4, 0.5) is 5.69 Å². The number of aryl methyl sites for hydroxylation is 1. The Morgan fingerprint density at radius 3 is 2.48 bits per heavy atom. The lowest BCUT2D eigenvalue weighted by Crippen LogP contribution is -2.20. The average molecular weight is 433 g/mol. The van der Waals surface area contributed by atoms with E-state index in [2.05, 4.69) is 11.4 Å². The predicted molar refractivity (Wildman–Crippen MR) is 123 cm³/mol. The van der Waals surface area contributed by atoms with Crippen molar-refractivity contribution in [2.75, 3.05) is 19.0 Å². The normalized spacial score (nSPS) is 10.8. The van der Waals surface area contributed by atoms with E-state index in [1.807, 2.05) is 49.4 Å². The Kier molecular flexibility index (Phi) is 7.31. The number of nitriles is 1. The van der Waals surface area contributed by atoms with Gasteiger partial charge >= 0.3 is 0 Å². The number of allylic oxidation sites excluding steroid dienone is 1. The summed E-state index contributed by atoms with van der Waals surface area (Å²) in [4.78, 5) is 12.2. The first kappa shape index (κ1) is 21.9. The van der Waals surface area contributed by atoms with Crippen LogP contribution >= 0.6 is 11.6 Å². The zero-order valence-electron chi connectivity index (χ0n) is 17.2. The van der Waals surface area contributed by atoms with Gasteiger partial charge in [-0.3, -0.25) is 4.79 Å². The summed E-state index contributed by atoms with van der Waals surface area (Å²) in [7, 11) is 1.49. The molecule has 0 saturated heterocycles. The first-order valence-corrected chi connectivity index (χ1v) is 9.92. The van der Waals surface area contributed by atoms with Crippen molar-refractivity contribution in [3.63, 3.8) is 0 Å². The molecule has 0 saturated carbocycles. The van der Waals surface area contributed by atoms with Gasteiger partial charge in [-0.2, -0.15) is 5.26 Å². The van der Waals surface area contributed by atoms with E-state index in [-0.39, 0.29) is 23.3 Å². The predicted octanol–water partition coefficient (Wildman–Crippen LogP) is 5.74. The molecule has 1 amide bonds. The molecule has 6 heteroatoms. The summed E-state index contributed by atoms with van der Waals surface area (Å²) in [6, 6.07) is 22.4. The van der Waals surface area contributed by atoms with Crippen LogP contribution in [0.15, 0.2) is 66.7 Å². The van der Waals surface area contributed by atoms with E-state index in [1.165, 1.54) is 7.11 Å². The number of amides is 1. The van der Waals surface area contributed by atoms with Gasteiger partial charge in [0, 0.05) is 5.69 Å². The van der Waals surface area contributed by atoms with Gasteiger partial charge in [0.2, 0.25) is 0 Å². The lowest BCUT2D eigenvalue weighted by Gasteiger charge is -2.13. The highest BCUT2D eigenvalue weighted by molar-refractivity contribution is 6.32. The smallest absolute Gasteiger partial charge is 0.262 e. The van der Waals surface area contributed by atoms with Crippen LogP contribution in [0.25, 0.3) is 11.6 Å². The molecule has 31 heavy (non-hydrogen) atoms. The highest BCUT2D eigenvalue weighted by atomic mass is 35.5. The molecule has 0 aliphatic heterocycles. The Balaban J connectivity index is 1.78. The van der Waals surface area contributed by atoms with Gasteiger partial charge in [0.1, 0.15) is 0 Å². The van der Waals surface area contributed by atoms with Gasteiger partial charge < -0.3 is 14.8 Å². The summed E-state index contributed by atoms with van der Waals surface area (Å²) >= 11 is 6.40. The van der Waals surface area contributed by atoms with E-state index in [1.54, 1.807) is 30.3 Å². The number of anilines is 1. The largest absolute Gasteiger partial charge is 0.493 e. The number of carbonyl (C=O) groups excluding carboxylic acids is 1. The topological polar surface area (TPSA) is 71.3 Å². The lowest BCUT2D eigenvalue weighted by molar-refractivity contribution is -0.118. The van der Waals surface area contributed by atoms with E-state index >= 15 is 0 Å². The summed E-state index contributed by atoms with van der Waals surface area (Å²) in [5.74, 6) is 0.310. The fraction of sp³-hybridized carbons (Fsp3) is 0.120. The maximum Gasteiger partial charge on any atom is 0.262 e. The molecular weight excluding hydrogens is 412 g/mol. The Hall–Kier alpha value is -3.75. The highest BCUT2D eigenvalue weighted by Crippen LogP contribution is 2.37. The summed E-state index contributed by atoms with van der Waals surface area (Å²) in [6.45, 7) is 1.76. The number of halogens is 1. The van der Waals surface area contributed by atoms with Crippen LogP contribution in [0.3, 0.4) is 0 Å². The summed E-state index contributed by atoms with van der Waals surface area (Å²) in [6.07, 6.45) is 1.73. The van der Waals surface area contributed by atoms with Crippen LogP contribution in [0, 0.1) is 18.3 Å². The molecular formula is C25H21ClN2O3. The van der Waals surface area contributed by atoms with Crippen LogP contribution < -0.4 is 14.8 Å². The maximum atomic E-state index is 12.2. The summed E-state index contributed by atoms with van der Waals surface area (Å²) < 4.78 is 11.0. The van der Waals surface area contributed by atoms with Gasteiger partial charge in [-0.05, 0) is 48.4 Å². The van der Waals surface area contributed by atoms with Crippen molar-refractivity contribution in [1.29, 1.82) is 5.26 Å². The minimum absolute atomic E-state index is 0.229. The third-order valence-electron chi connectivity index (χ3n) is 4.45. The van der Waals surface area contributed by atoms with Crippen LogP contribution in [0.2, 0.25) is 5.02 Å². The van der Waals surface area contributed by atoms with Gasteiger partial charge in [0.25, 0.3) is 5.91 Å². The standard InChI is InChI=1S/C25H21ClN2O3/c1-17-8-10-19(11-9-17)20(15-27)12-18-13-22(26)25(23(14-18)30-2)31-16-24(29)28-21-6-4-3-5-7-21/h3-14H,16H2,1-2H3,(H,28,29)/b20-12+. The monoisotopic (exact) mass is 432 g/mol. The quantitative estimate of drug-likeness (QED) is 0.381. The van der Waals surface area contributed by atoms with E-state index in [0.29, 0.717) is 22.6 Å². The number of nitrogens with one attached hydrogen (secondary N) is 1. The van der Waals surface area contributed by atoms with E-state index < -0.39 is 0 Å². The minimum Gasteiger partial charge on any atom is -0.493 e. The fourth-order valence-corrected chi connectivity index (χ4v) is 3.17. The van der Waals surface area contributed by atoms with E-state index in [0.717, 1.165) is 11.1 Å². The molecule has 3 aromatic carbocycles. The van der Waals surface area contributed by atoms with Gasteiger partial charge in [0.15, 0.2) is 18.1 Å². The molecule has 0 heterocycles. The SMILES string of the molecule is COc1cc(/C=C(\C#N)c2ccc(C)cc2)cc(Cl)c1OCC(=O)Nc1ccccc1. The Morgan fingerprint density at radius 2 is 1.84 bits per heavy atom. The molecule has 0 radical (unpaired) electrons. The zero-order valence-corrected chi connectivity index (χ0v) is 17.9. The number of para-hydroxylation sites is 1. The van der Waals surface area contributed by atoms with Crippen LogP contribution in [0.5, 0.6) is 11.5 Å². The van der Waals surface area contributed by atoms with Gasteiger partial charge in [0.05, 0.1) is 23.8 Å². The number of hydrogen-bond donors (Lipinski definition) is 1. The molecule has 0 bridgehead atoms. The van der Waals surface area contributed by atoms with Crippen molar-refractivity contribution in [2.24, 2.45) is 0 Å². The second kappa shape index (κ2) is 10.3. The second-order valence-electron chi connectivity index (χ2n) is 6.77. The number of benzene rings is 3. The average Bonchev–Trinajstić information content (AvgIpc) is 2.77. The number of nitrogens with zero attached hydrogens (tertiary/aromatic N) is 1. The zero-order chi connectivity index (χ0) is 22.2. The van der Waals surface area contributed by atoms with Crippen molar-refractivity contribution < 1.29 is 14.3 Å². The molecule has 0 spiro atoms. The van der Waals surface area contributed by atoms with Crippen LogP contribution in [-0.2, 0) is 4.79 Å². The summed E-state index contributed by atoms with van der Waals surface area (Å²) in [5.41, 5.74) is 3.77. The number of rotatable bonds is 7.